The standard InChI is InChI=1S/C24H30N4O2/c1-17-13-19-7-3-5-9-21(19)27(17)15-23(29)25-11-12-26-24(30)16-28-18(2)14-20-8-4-6-10-22(20)28/h3-10,17-18H,11-16H2,1-2H3,(H,25,29)(H,26,30)/t17-,18-/m1/s1. The van der Waals surface area contributed by atoms with Crippen molar-refractivity contribution in [2.75, 3.05) is 36.0 Å². The second-order valence-corrected chi connectivity index (χ2v) is 8.32. The normalized spacial score (nSPS) is 19.4. The second-order valence-electron chi connectivity index (χ2n) is 8.32. The quantitative estimate of drug-likeness (QED) is 0.692. The van der Waals surface area contributed by atoms with E-state index in [0.29, 0.717) is 38.3 Å². The molecule has 2 aliphatic rings. The molecule has 2 N–H and O–H groups in total. The monoisotopic (exact) mass is 406 g/mol. The van der Waals surface area contributed by atoms with Crippen molar-refractivity contribution in [3.63, 3.8) is 0 Å². The van der Waals surface area contributed by atoms with Crippen LogP contribution in [0.4, 0.5) is 11.4 Å². The van der Waals surface area contributed by atoms with Gasteiger partial charge in [0.2, 0.25) is 11.8 Å². The van der Waals surface area contributed by atoms with Crippen LogP contribution in [-0.4, -0.2) is 50.1 Å². The molecule has 6 heteroatoms. The van der Waals surface area contributed by atoms with E-state index in [1.807, 2.05) is 24.3 Å². The predicted molar refractivity (Wildman–Crippen MR) is 120 cm³/mol. The van der Waals surface area contributed by atoms with Crippen LogP contribution >= 0.6 is 0 Å². The van der Waals surface area contributed by atoms with Gasteiger partial charge < -0.3 is 20.4 Å². The number of benzene rings is 2. The van der Waals surface area contributed by atoms with Crippen LogP contribution in [0.5, 0.6) is 0 Å². The molecule has 2 aromatic carbocycles. The van der Waals surface area contributed by atoms with Crippen molar-refractivity contribution in [3.8, 4) is 0 Å². The minimum Gasteiger partial charge on any atom is -0.359 e. The van der Waals surface area contributed by atoms with E-state index in [-0.39, 0.29) is 11.8 Å². The third-order valence-electron chi connectivity index (χ3n) is 6.09. The summed E-state index contributed by atoms with van der Waals surface area (Å²) in [7, 11) is 0. The van der Waals surface area contributed by atoms with Crippen LogP contribution in [-0.2, 0) is 22.4 Å². The largest absolute Gasteiger partial charge is 0.359 e. The maximum Gasteiger partial charge on any atom is 0.239 e. The summed E-state index contributed by atoms with van der Waals surface area (Å²) >= 11 is 0. The van der Waals surface area contributed by atoms with Crippen molar-refractivity contribution in [2.45, 2.75) is 38.8 Å². The van der Waals surface area contributed by atoms with Crippen molar-refractivity contribution < 1.29 is 9.59 Å². The molecule has 0 aliphatic carbocycles. The second kappa shape index (κ2) is 8.78. The highest BCUT2D eigenvalue weighted by Gasteiger charge is 2.28. The predicted octanol–water partition coefficient (Wildman–Crippen LogP) is 2.12. The van der Waals surface area contributed by atoms with E-state index in [1.165, 1.54) is 11.1 Å². The van der Waals surface area contributed by atoms with Crippen molar-refractivity contribution >= 4 is 23.2 Å². The summed E-state index contributed by atoms with van der Waals surface area (Å²) in [6.45, 7) is 5.83. The number of hydrogen-bond donors (Lipinski definition) is 2. The van der Waals surface area contributed by atoms with Crippen molar-refractivity contribution in [1.29, 1.82) is 0 Å². The number of carbonyl (C=O) groups is 2. The van der Waals surface area contributed by atoms with E-state index in [9.17, 15) is 9.59 Å². The number of rotatable bonds is 7. The van der Waals surface area contributed by atoms with Gasteiger partial charge in [0.05, 0.1) is 13.1 Å². The Kier molecular flexibility index (Phi) is 5.93. The SMILES string of the molecule is C[C@@H]1Cc2ccccc2N1CC(=O)NCCNC(=O)CN1c2ccccc2C[C@H]1C. The van der Waals surface area contributed by atoms with Gasteiger partial charge in [-0.25, -0.2) is 0 Å². The molecular weight excluding hydrogens is 376 g/mol. The highest BCUT2D eigenvalue weighted by Crippen LogP contribution is 2.32. The van der Waals surface area contributed by atoms with Crippen molar-refractivity contribution in [3.05, 3.63) is 59.7 Å². The molecule has 0 radical (unpaired) electrons. The number of anilines is 2. The van der Waals surface area contributed by atoms with Crippen LogP contribution in [0.15, 0.2) is 48.5 Å². The molecule has 2 heterocycles. The van der Waals surface area contributed by atoms with Gasteiger partial charge in [-0.3, -0.25) is 9.59 Å². The van der Waals surface area contributed by atoms with Crippen LogP contribution in [0.2, 0.25) is 0 Å². The van der Waals surface area contributed by atoms with Crippen LogP contribution in [0, 0.1) is 0 Å². The van der Waals surface area contributed by atoms with E-state index in [1.54, 1.807) is 0 Å². The average Bonchev–Trinajstić information content (AvgIpc) is 3.22. The molecule has 6 nitrogen and oxygen atoms in total. The molecule has 0 fully saturated rings. The summed E-state index contributed by atoms with van der Waals surface area (Å²) in [6, 6.07) is 17.1. The number of amides is 2. The zero-order valence-electron chi connectivity index (χ0n) is 17.7. The van der Waals surface area contributed by atoms with E-state index < -0.39 is 0 Å². The lowest BCUT2D eigenvalue weighted by atomic mass is 10.1. The van der Waals surface area contributed by atoms with Crippen molar-refractivity contribution in [2.24, 2.45) is 0 Å². The topological polar surface area (TPSA) is 64.7 Å². The van der Waals surface area contributed by atoms with Gasteiger partial charge in [-0.2, -0.15) is 0 Å². The summed E-state index contributed by atoms with van der Waals surface area (Å²) in [4.78, 5) is 29.1. The summed E-state index contributed by atoms with van der Waals surface area (Å²) in [5.41, 5.74) is 4.88. The van der Waals surface area contributed by atoms with Crippen LogP contribution < -0.4 is 20.4 Å². The summed E-state index contributed by atoms with van der Waals surface area (Å²) in [5, 5.41) is 5.85. The van der Waals surface area contributed by atoms with E-state index in [2.05, 4.69) is 58.5 Å². The molecular formula is C24H30N4O2. The first-order valence-electron chi connectivity index (χ1n) is 10.8. The third kappa shape index (κ3) is 4.27. The lowest BCUT2D eigenvalue weighted by Crippen LogP contribution is -2.44. The first-order valence-corrected chi connectivity index (χ1v) is 10.8. The summed E-state index contributed by atoms with van der Waals surface area (Å²) in [5.74, 6) is -0.0372. The Bertz CT molecular complexity index is 853. The average molecular weight is 407 g/mol. The zero-order chi connectivity index (χ0) is 21.1. The Morgan fingerprint density at radius 3 is 1.60 bits per heavy atom. The molecule has 2 aliphatic heterocycles. The van der Waals surface area contributed by atoms with Gasteiger partial charge in [0.25, 0.3) is 0 Å². The number of carbonyl (C=O) groups excluding carboxylic acids is 2. The highest BCUT2D eigenvalue weighted by molar-refractivity contribution is 5.84. The lowest BCUT2D eigenvalue weighted by Gasteiger charge is -2.25. The van der Waals surface area contributed by atoms with Crippen LogP contribution in [0.3, 0.4) is 0 Å². The number of fused-ring (bicyclic) bond motifs is 2. The Morgan fingerprint density at radius 2 is 1.17 bits per heavy atom. The molecule has 158 valence electrons. The Balaban J connectivity index is 1.19. The number of para-hydroxylation sites is 2. The van der Waals surface area contributed by atoms with Crippen LogP contribution in [0.25, 0.3) is 0 Å². The summed E-state index contributed by atoms with van der Waals surface area (Å²) < 4.78 is 0. The first-order chi connectivity index (χ1) is 14.5. The number of nitrogens with one attached hydrogen (secondary N) is 2. The first kappa shape index (κ1) is 20.3. The fourth-order valence-corrected chi connectivity index (χ4v) is 4.57. The molecule has 2 amide bonds. The van der Waals surface area contributed by atoms with Crippen molar-refractivity contribution in [1.82, 2.24) is 10.6 Å². The molecule has 2 aromatic rings. The summed E-state index contributed by atoms with van der Waals surface area (Å²) in [6.07, 6.45) is 1.94. The Morgan fingerprint density at radius 1 is 0.767 bits per heavy atom. The van der Waals surface area contributed by atoms with Gasteiger partial charge in [-0.05, 0) is 49.9 Å². The molecule has 0 aromatic heterocycles. The molecule has 4 rings (SSSR count). The number of nitrogens with zero attached hydrogens (tertiary/aromatic N) is 2. The molecule has 0 saturated carbocycles. The zero-order valence-corrected chi connectivity index (χ0v) is 17.7. The van der Waals surface area contributed by atoms with Gasteiger partial charge in [-0.15, -0.1) is 0 Å². The molecule has 0 bridgehead atoms. The highest BCUT2D eigenvalue weighted by atomic mass is 16.2. The van der Waals surface area contributed by atoms with Gasteiger partial charge in [-0.1, -0.05) is 36.4 Å². The van der Waals surface area contributed by atoms with Gasteiger partial charge in [0.1, 0.15) is 0 Å². The minimum absolute atomic E-state index is 0.0186. The van der Waals surface area contributed by atoms with Gasteiger partial charge in [0, 0.05) is 36.5 Å². The molecule has 0 unspecified atom stereocenters. The lowest BCUT2D eigenvalue weighted by molar-refractivity contribution is -0.121. The molecule has 0 spiro atoms. The Hall–Kier alpha value is -3.02. The molecule has 30 heavy (non-hydrogen) atoms. The smallest absolute Gasteiger partial charge is 0.239 e. The van der Waals surface area contributed by atoms with Gasteiger partial charge in [0.15, 0.2) is 0 Å². The molecule has 0 saturated heterocycles. The molecule has 2 atom stereocenters. The van der Waals surface area contributed by atoms with E-state index in [0.717, 1.165) is 24.2 Å². The van der Waals surface area contributed by atoms with E-state index >= 15 is 0 Å². The van der Waals surface area contributed by atoms with Gasteiger partial charge >= 0.3 is 0 Å². The maximum atomic E-state index is 12.4. The fourth-order valence-electron chi connectivity index (χ4n) is 4.57. The number of hydrogen-bond acceptors (Lipinski definition) is 4. The fraction of sp³-hybridized carbons (Fsp3) is 0.417. The third-order valence-corrected chi connectivity index (χ3v) is 6.09. The van der Waals surface area contributed by atoms with Crippen LogP contribution in [0.1, 0.15) is 25.0 Å². The van der Waals surface area contributed by atoms with E-state index in [4.69, 9.17) is 0 Å². The minimum atomic E-state index is -0.0186. The maximum absolute atomic E-state index is 12.4. The Labute approximate surface area is 178 Å².